The van der Waals surface area contributed by atoms with E-state index in [9.17, 15) is 22.0 Å². The van der Waals surface area contributed by atoms with Crippen molar-refractivity contribution in [1.29, 1.82) is 0 Å². The first kappa shape index (κ1) is 17.1. The fourth-order valence-electron chi connectivity index (χ4n) is 2.12. The van der Waals surface area contributed by atoms with E-state index in [0.29, 0.717) is 27.8 Å². The van der Waals surface area contributed by atoms with Crippen molar-refractivity contribution in [3.8, 4) is 0 Å². The fourth-order valence-corrected chi connectivity index (χ4v) is 2.29. The van der Waals surface area contributed by atoms with Gasteiger partial charge in [0.25, 0.3) is 0 Å². The summed E-state index contributed by atoms with van der Waals surface area (Å²) in [5.41, 5.74) is 2.27. The van der Waals surface area contributed by atoms with Crippen molar-refractivity contribution >= 4 is 34.4 Å². The average Bonchev–Trinajstić information content (AvgIpc) is 2.61. The van der Waals surface area contributed by atoms with Crippen LogP contribution in [0.5, 0.6) is 0 Å². The van der Waals surface area contributed by atoms with Gasteiger partial charge in [0.05, 0.1) is 23.0 Å². The SMILES string of the molecule is Fc1c(F)c(F)c(/C=N/Nc2ccnc3cc(Cl)ccc23)c(F)c1F. The summed E-state index contributed by atoms with van der Waals surface area (Å²) < 4.78 is 66.4. The first-order valence-electron chi connectivity index (χ1n) is 6.75. The lowest BCUT2D eigenvalue weighted by molar-refractivity contribution is 0.377. The molecule has 0 aliphatic rings. The highest BCUT2D eigenvalue weighted by Gasteiger charge is 2.24. The van der Waals surface area contributed by atoms with Gasteiger partial charge in [0, 0.05) is 16.6 Å². The maximum Gasteiger partial charge on any atom is 0.200 e. The van der Waals surface area contributed by atoms with Crippen LogP contribution >= 0.6 is 11.6 Å². The van der Waals surface area contributed by atoms with Crippen molar-refractivity contribution in [2.24, 2.45) is 5.10 Å². The number of pyridine rings is 1. The predicted octanol–water partition coefficient (Wildman–Crippen LogP) is 5.03. The Balaban J connectivity index is 1.95. The molecule has 0 saturated carbocycles. The minimum absolute atomic E-state index is 0.404. The van der Waals surface area contributed by atoms with E-state index in [1.165, 1.54) is 12.3 Å². The summed E-state index contributed by atoms with van der Waals surface area (Å²) in [5, 5.41) is 4.61. The summed E-state index contributed by atoms with van der Waals surface area (Å²) in [6, 6.07) is 6.35. The van der Waals surface area contributed by atoms with Gasteiger partial charge in [0.15, 0.2) is 23.3 Å². The highest BCUT2D eigenvalue weighted by molar-refractivity contribution is 6.31. The number of fused-ring (bicyclic) bond motifs is 1. The molecule has 1 aromatic heterocycles. The van der Waals surface area contributed by atoms with E-state index in [-0.39, 0.29) is 0 Å². The van der Waals surface area contributed by atoms with E-state index in [1.807, 2.05) is 0 Å². The van der Waals surface area contributed by atoms with Crippen LogP contribution in [0.1, 0.15) is 5.56 Å². The third-order valence-electron chi connectivity index (χ3n) is 3.33. The Morgan fingerprint density at radius 3 is 2.24 bits per heavy atom. The molecule has 0 amide bonds. The minimum Gasteiger partial charge on any atom is -0.278 e. The molecule has 2 aromatic carbocycles. The standard InChI is InChI=1S/C16H7ClF5N3/c17-7-1-2-8-10(3-4-23-11(8)5-7)25-24-6-9-12(18)14(20)16(22)15(21)13(9)19/h1-6H,(H,23,25)/b24-6+. The van der Waals surface area contributed by atoms with Gasteiger partial charge in [-0.1, -0.05) is 11.6 Å². The Morgan fingerprint density at radius 1 is 0.920 bits per heavy atom. The zero-order valence-electron chi connectivity index (χ0n) is 12.1. The Hall–Kier alpha value is -2.74. The second kappa shape index (κ2) is 6.64. The number of benzene rings is 2. The van der Waals surface area contributed by atoms with Crippen LogP contribution in [0.15, 0.2) is 35.6 Å². The number of halogens is 6. The van der Waals surface area contributed by atoms with Crippen LogP contribution in [0.4, 0.5) is 27.6 Å². The molecular formula is C16H7ClF5N3. The third-order valence-corrected chi connectivity index (χ3v) is 3.56. The molecule has 0 saturated heterocycles. The molecule has 0 unspecified atom stereocenters. The monoisotopic (exact) mass is 371 g/mol. The Kier molecular flexibility index (Phi) is 4.54. The molecule has 0 aliphatic carbocycles. The van der Waals surface area contributed by atoms with Crippen LogP contribution < -0.4 is 5.43 Å². The molecule has 0 fully saturated rings. The molecule has 3 rings (SSSR count). The van der Waals surface area contributed by atoms with Crippen LogP contribution in [-0.2, 0) is 0 Å². The van der Waals surface area contributed by atoms with Gasteiger partial charge in [-0.05, 0) is 24.3 Å². The van der Waals surface area contributed by atoms with Gasteiger partial charge in [0.2, 0.25) is 5.82 Å². The normalized spacial score (nSPS) is 11.4. The van der Waals surface area contributed by atoms with Gasteiger partial charge in [-0.15, -0.1) is 0 Å². The number of hydrogen-bond donors (Lipinski definition) is 1. The van der Waals surface area contributed by atoms with Crippen LogP contribution in [0.3, 0.4) is 0 Å². The quantitative estimate of drug-likeness (QED) is 0.230. The summed E-state index contributed by atoms with van der Waals surface area (Å²) in [6.45, 7) is 0. The van der Waals surface area contributed by atoms with Crippen LogP contribution in [0, 0.1) is 29.1 Å². The number of aromatic nitrogens is 1. The number of rotatable bonds is 3. The zero-order chi connectivity index (χ0) is 18.1. The number of nitrogens with zero attached hydrogens (tertiary/aromatic N) is 2. The second-order valence-electron chi connectivity index (χ2n) is 4.87. The van der Waals surface area contributed by atoms with Gasteiger partial charge >= 0.3 is 0 Å². The predicted molar refractivity (Wildman–Crippen MR) is 84.2 cm³/mol. The average molecular weight is 372 g/mol. The van der Waals surface area contributed by atoms with Gasteiger partial charge < -0.3 is 0 Å². The molecule has 0 aliphatic heterocycles. The van der Waals surface area contributed by atoms with E-state index in [2.05, 4.69) is 15.5 Å². The van der Waals surface area contributed by atoms with E-state index < -0.39 is 34.6 Å². The lowest BCUT2D eigenvalue weighted by atomic mass is 10.2. The molecule has 3 nitrogen and oxygen atoms in total. The number of hydrazone groups is 1. The Bertz CT molecular complexity index is 978. The van der Waals surface area contributed by atoms with Crippen molar-refractivity contribution in [3.63, 3.8) is 0 Å². The maximum atomic E-state index is 13.6. The molecule has 0 atom stereocenters. The zero-order valence-corrected chi connectivity index (χ0v) is 12.9. The molecule has 25 heavy (non-hydrogen) atoms. The Labute approximate surface area is 142 Å². The molecule has 9 heteroatoms. The summed E-state index contributed by atoms with van der Waals surface area (Å²) in [5.74, 6) is -10.2. The molecule has 1 N–H and O–H groups in total. The smallest absolute Gasteiger partial charge is 0.200 e. The molecule has 1 heterocycles. The molecule has 0 bridgehead atoms. The van der Waals surface area contributed by atoms with Crippen molar-refractivity contribution in [1.82, 2.24) is 4.98 Å². The molecule has 0 spiro atoms. The largest absolute Gasteiger partial charge is 0.278 e. The lowest BCUT2D eigenvalue weighted by Crippen LogP contribution is -2.07. The van der Waals surface area contributed by atoms with Crippen molar-refractivity contribution in [2.75, 3.05) is 5.43 Å². The first-order valence-corrected chi connectivity index (χ1v) is 7.12. The van der Waals surface area contributed by atoms with Gasteiger partial charge in [-0.25, -0.2) is 22.0 Å². The molecular weight excluding hydrogens is 365 g/mol. The second-order valence-corrected chi connectivity index (χ2v) is 5.31. The first-order chi connectivity index (χ1) is 11.9. The van der Waals surface area contributed by atoms with E-state index in [4.69, 9.17) is 11.6 Å². The van der Waals surface area contributed by atoms with Crippen molar-refractivity contribution in [2.45, 2.75) is 0 Å². The fraction of sp³-hybridized carbons (Fsp3) is 0. The third kappa shape index (κ3) is 3.12. The molecule has 128 valence electrons. The highest BCUT2D eigenvalue weighted by atomic mass is 35.5. The van der Waals surface area contributed by atoms with Crippen LogP contribution in [0.25, 0.3) is 10.9 Å². The van der Waals surface area contributed by atoms with Crippen LogP contribution in [0.2, 0.25) is 5.02 Å². The summed E-state index contributed by atoms with van der Waals surface area (Å²) in [4.78, 5) is 4.09. The lowest BCUT2D eigenvalue weighted by Gasteiger charge is -2.06. The maximum absolute atomic E-state index is 13.6. The van der Waals surface area contributed by atoms with E-state index in [0.717, 1.165) is 0 Å². The molecule has 3 aromatic rings. The van der Waals surface area contributed by atoms with E-state index in [1.54, 1.807) is 18.2 Å². The Morgan fingerprint density at radius 2 is 1.56 bits per heavy atom. The number of nitrogens with one attached hydrogen (secondary N) is 1. The van der Waals surface area contributed by atoms with Crippen molar-refractivity contribution < 1.29 is 22.0 Å². The topological polar surface area (TPSA) is 37.3 Å². The minimum atomic E-state index is -2.22. The van der Waals surface area contributed by atoms with Gasteiger partial charge in [-0.3, -0.25) is 10.4 Å². The summed E-state index contributed by atoms with van der Waals surface area (Å²) in [6.07, 6.45) is 1.95. The van der Waals surface area contributed by atoms with Gasteiger partial charge in [0.1, 0.15) is 0 Å². The van der Waals surface area contributed by atoms with Gasteiger partial charge in [-0.2, -0.15) is 5.10 Å². The summed E-state index contributed by atoms with van der Waals surface area (Å²) >= 11 is 5.86. The number of hydrogen-bond acceptors (Lipinski definition) is 3. The highest BCUT2D eigenvalue weighted by Crippen LogP contribution is 2.25. The van der Waals surface area contributed by atoms with Crippen LogP contribution in [-0.4, -0.2) is 11.2 Å². The number of anilines is 1. The molecule has 0 radical (unpaired) electrons. The van der Waals surface area contributed by atoms with E-state index >= 15 is 0 Å². The van der Waals surface area contributed by atoms with Crippen molar-refractivity contribution in [3.05, 3.63) is 70.1 Å². The summed E-state index contributed by atoms with van der Waals surface area (Å²) in [7, 11) is 0.